The van der Waals surface area contributed by atoms with E-state index in [-0.39, 0.29) is 18.0 Å². The summed E-state index contributed by atoms with van der Waals surface area (Å²) in [5, 5.41) is 0. The van der Waals surface area contributed by atoms with Crippen LogP contribution >= 0.6 is 0 Å². The van der Waals surface area contributed by atoms with Crippen molar-refractivity contribution in [1.82, 2.24) is 0 Å². The van der Waals surface area contributed by atoms with Crippen molar-refractivity contribution in [3.63, 3.8) is 0 Å². The van der Waals surface area contributed by atoms with Gasteiger partial charge in [0.25, 0.3) is 0 Å². The highest BCUT2D eigenvalue weighted by molar-refractivity contribution is 5.78. The Bertz CT molecular complexity index is 135. The van der Waals surface area contributed by atoms with Crippen molar-refractivity contribution in [2.24, 2.45) is 11.7 Å². The van der Waals surface area contributed by atoms with E-state index in [0.29, 0.717) is 0 Å². The first-order chi connectivity index (χ1) is 4.13. The maximum Gasteiger partial charge on any atom is 0.323 e. The van der Waals surface area contributed by atoms with E-state index in [1.807, 2.05) is 13.8 Å². The molecule has 0 bridgehead atoms. The number of ether oxygens (including phenoxy) is 1. The summed E-state index contributed by atoms with van der Waals surface area (Å²) in [6, 6.07) is -0.403. The van der Waals surface area contributed by atoms with Gasteiger partial charge in [-0.05, 0) is 6.92 Å². The molecule has 0 aliphatic carbocycles. The van der Waals surface area contributed by atoms with Crippen molar-refractivity contribution in [2.45, 2.75) is 26.0 Å². The second-order valence-electron chi connectivity index (χ2n) is 2.53. The molecule has 1 fully saturated rings. The van der Waals surface area contributed by atoms with Gasteiger partial charge < -0.3 is 10.5 Å². The predicted molar refractivity (Wildman–Crippen MR) is 32.7 cm³/mol. The van der Waals surface area contributed by atoms with Crippen LogP contribution in [0.25, 0.3) is 0 Å². The molecule has 0 aromatic rings. The Morgan fingerprint density at radius 3 is 2.22 bits per heavy atom. The summed E-state index contributed by atoms with van der Waals surface area (Å²) in [6.45, 7) is 3.77. The predicted octanol–water partition coefficient (Wildman–Crippen LogP) is -0.105. The molecule has 1 heterocycles. The molecule has 3 atom stereocenters. The number of carbonyl (C=O) groups is 1. The minimum absolute atomic E-state index is 0.00694. The van der Waals surface area contributed by atoms with E-state index in [2.05, 4.69) is 0 Å². The fourth-order valence-electron chi connectivity index (χ4n) is 0.876. The maximum absolute atomic E-state index is 10.6. The molecular weight excluding hydrogens is 118 g/mol. The first kappa shape index (κ1) is 6.55. The van der Waals surface area contributed by atoms with Crippen LogP contribution in [0.2, 0.25) is 0 Å². The lowest BCUT2D eigenvalue weighted by Gasteiger charge is -2.06. The smallest absolute Gasteiger partial charge is 0.323 e. The topological polar surface area (TPSA) is 52.3 Å². The number of esters is 1. The van der Waals surface area contributed by atoms with Gasteiger partial charge in [0.15, 0.2) is 0 Å². The second-order valence-corrected chi connectivity index (χ2v) is 2.53. The van der Waals surface area contributed by atoms with Crippen LogP contribution in [0.5, 0.6) is 0 Å². The molecular formula is C6H11NO2. The molecule has 52 valence electrons. The standard InChI is InChI=1S/C6H11NO2/c1-3-4(2)9-6(8)5(3)7/h3-5H,7H2,1-2H3/t3-,4?,5?/m1/s1. The average molecular weight is 129 g/mol. The highest BCUT2D eigenvalue weighted by atomic mass is 16.6. The fourth-order valence-corrected chi connectivity index (χ4v) is 0.876. The van der Waals surface area contributed by atoms with E-state index in [0.717, 1.165) is 0 Å². The van der Waals surface area contributed by atoms with Gasteiger partial charge in [0, 0.05) is 5.92 Å². The molecule has 1 rings (SSSR count). The lowest BCUT2D eigenvalue weighted by molar-refractivity contribution is -0.141. The van der Waals surface area contributed by atoms with Gasteiger partial charge in [-0.25, -0.2) is 0 Å². The third kappa shape index (κ3) is 0.920. The molecule has 3 nitrogen and oxygen atoms in total. The summed E-state index contributed by atoms with van der Waals surface area (Å²) in [4.78, 5) is 10.6. The summed E-state index contributed by atoms with van der Waals surface area (Å²) in [5.41, 5.74) is 5.44. The van der Waals surface area contributed by atoms with Crippen molar-refractivity contribution >= 4 is 5.97 Å². The normalized spacial score (nSPS) is 43.0. The average Bonchev–Trinajstić information content (AvgIpc) is 1.98. The minimum Gasteiger partial charge on any atom is -0.461 e. The molecule has 0 radical (unpaired) electrons. The van der Waals surface area contributed by atoms with Gasteiger partial charge >= 0.3 is 5.97 Å². The molecule has 0 aromatic carbocycles. The monoisotopic (exact) mass is 129 g/mol. The van der Waals surface area contributed by atoms with E-state index in [4.69, 9.17) is 10.5 Å². The van der Waals surface area contributed by atoms with E-state index in [1.54, 1.807) is 0 Å². The van der Waals surface area contributed by atoms with Gasteiger partial charge in [0.2, 0.25) is 0 Å². The van der Waals surface area contributed by atoms with E-state index in [1.165, 1.54) is 0 Å². The number of nitrogens with two attached hydrogens (primary N) is 1. The zero-order valence-corrected chi connectivity index (χ0v) is 5.63. The number of cyclic esters (lactones) is 1. The zero-order valence-electron chi connectivity index (χ0n) is 5.63. The van der Waals surface area contributed by atoms with Crippen molar-refractivity contribution in [3.05, 3.63) is 0 Å². The molecule has 0 aromatic heterocycles. The quantitative estimate of drug-likeness (QED) is 0.464. The number of rotatable bonds is 0. The molecule has 0 saturated carbocycles. The summed E-state index contributed by atoms with van der Waals surface area (Å²) in [5.74, 6) is -0.104. The summed E-state index contributed by atoms with van der Waals surface area (Å²) >= 11 is 0. The Kier molecular flexibility index (Phi) is 1.45. The van der Waals surface area contributed by atoms with Gasteiger partial charge in [0.1, 0.15) is 12.1 Å². The van der Waals surface area contributed by atoms with E-state index >= 15 is 0 Å². The first-order valence-electron chi connectivity index (χ1n) is 3.09. The van der Waals surface area contributed by atoms with Crippen LogP contribution in [0.4, 0.5) is 0 Å². The summed E-state index contributed by atoms with van der Waals surface area (Å²) in [7, 11) is 0. The van der Waals surface area contributed by atoms with Crippen molar-refractivity contribution in [3.8, 4) is 0 Å². The Morgan fingerprint density at radius 1 is 1.56 bits per heavy atom. The Balaban J connectivity index is 2.65. The molecule has 1 saturated heterocycles. The molecule has 0 amide bonds. The maximum atomic E-state index is 10.6. The lowest BCUT2D eigenvalue weighted by atomic mass is 10.0. The Morgan fingerprint density at radius 2 is 2.11 bits per heavy atom. The van der Waals surface area contributed by atoms with Gasteiger partial charge in [-0.2, -0.15) is 0 Å². The van der Waals surface area contributed by atoms with Crippen LogP contribution in [-0.2, 0) is 9.53 Å². The third-order valence-electron chi connectivity index (χ3n) is 1.88. The number of hydrogen-bond acceptors (Lipinski definition) is 3. The molecule has 1 aliphatic rings. The molecule has 0 spiro atoms. The second kappa shape index (κ2) is 1.99. The molecule has 2 N–H and O–H groups in total. The Hall–Kier alpha value is -0.570. The van der Waals surface area contributed by atoms with E-state index in [9.17, 15) is 4.79 Å². The number of hydrogen-bond donors (Lipinski definition) is 1. The summed E-state index contributed by atoms with van der Waals surface area (Å²) < 4.78 is 4.82. The Labute approximate surface area is 54.2 Å². The van der Waals surface area contributed by atoms with Gasteiger partial charge in [-0.1, -0.05) is 6.92 Å². The highest BCUT2D eigenvalue weighted by Gasteiger charge is 2.36. The third-order valence-corrected chi connectivity index (χ3v) is 1.88. The molecule has 3 heteroatoms. The highest BCUT2D eigenvalue weighted by Crippen LogP contribution is 2.19. The molecule has 9 heavy (non-hydrogen) atoms. The van der Waals surface area contributed by atoms with Crippen molar-refractivity contribution < 1.29 is 9.53 Å². The minimum atomic E-state index is -0.403. The molecule has 2 unspecified atom stereocenters. The van der Waals surface area contributed by atoms with E-state index < -0.39 is 6.04 Å². The van der Waals surface area contributed by atoms with Crippen LogP contribution in [0, 0.1) is 5.92 Å². The van der Waals surface area contributed by atoms with Crippen molar-refractivity contribution in [2.75, 3.05) is 0 Å². The van der Waals surface area contributed by atoms with Crippen LogP contribution in [0.3, 0.4) is 0 Å². The SMILES string of the molecule is CC1OC(=O)C(N)[C@@H]1C. The summed E-state index contributed by atoms with van der Waals surface area (Å²) in [6.07, 6.45) is -0.00694. The first-order valence-corrected chi connectivity index (χ1v) is 3.09. The van der Waals surface area contributed by atoms with Crippen LogP contribution in [0.1, 0.15) is 13.8 Å². The van der Waals surface area contributed by atoms with Crippen LogP contribution in [0.15, 0.2) is 0 Å². The van der Waals surface area contributed by atoms with Crippen LogP contribution < -0.4 is 5.73 Å². The van der Waals surface area contributed by atoms with Gasteiger partial charge in [-0.3, -0.25) is 4.79 Å². The largest absolute Gasteiger partial charge is 0.461 e. The lowest BCUT2D eigenvalue weighted by Crippen LogP contribution is -2.31. The molecule has 1 aliphatic heterocycles. The van der Waals surface area contributed by atoms with Gasteiger partial charge in [0.05, 0.1) is 0 Å². The number of carbonyl (C=O) groups excluding carboxylic acids is 1. The van der Waals surface area contributed by atoms with Crippen molar-refractivity contribution in [1.29, 1.82) is 0 Å². The zero-order chi connectivity index (χ0) is 7.02. The fraction of sp³-hybridized carbons (Fsp3) is 0.833. The van der Waals surface area contributed by atoms with Crippen LogP contribution in [-0.4, -0.2) is 18.1 Å². The van der Waals surface area contributed by atoms with Gasteiger partial charge in [-0.15, -0.1) is 0 Å².